The molecule has 1 aromatic heterocycles. The van der Waals surface area contributed by atoms with Crippen LogP contribution in [-0.4, -0.2) is 55.2 Å². The summed E-state index contributed by atoms with van der Waals surface area (Å²) in [6.07, 6.45) is 0.778. The second-order valence-electron chi connectivity index (χ2n) is 6.25. The predicted molar refractivity (Wildman–Crippen MR) is 112 cm³/mol. The number of para-hydroxylation sites is 1. The van der Waals surface area contributed by atoms with Crippen molar-refractivity contribution in [1.82, 2.24) is 15.5 Å². The van der Waals surface area contributed by atoms with Gasteiger partial charge in [0.1, 0.15) is 0 Å². The smallest absolute Gasteiger partial charge is 0.261 e. The monoisotopic (exact) mass is 416 g/mol. The number of carbonyl (C=O) groups excluding carboxylic acids is 4. The van der Waals surface area contributed by atoms with E-state index in [1.54, 1.807) is 17.5 Å². The molecule has 1 heterocycles. The first kappa shape index (κ1) is 22.1. The third-order valence-corrected chi connectivity index (χ3v) is 4.94. The van der Waals surface area contributed by atoms with Crippen molar-refractivity contribution in [2.45, 2.75) is 13.3 Å². The van der Waals surface area contributed by atoms with Crippen molar-refractivity contribution >= 4 is 40.7 Å². The minimum atomic E-state index is -0.488. The molecule has 0 aliphatic heterocycles. The van der Waals surface area contributed by atoms with Gasteiger partial charge in [0.05, 0.1) is 24.5 Å². The first-order valence-electron chi connectivity index (χ1n) is 9.10. The summed E-state index contributed by atoms with van der Waals surface area (Å²) in [5.41, 5.74) is 1.72. The number of carbonyl (C=O) groups is 4. The van der Waals surface area contributed by atoms with Gasteiger partial charge in [0.25, 0.3) is 5.91 Å². The molecule has 9 heteroatoms. The lowest BCUT2D eigenvalue weighted by Gasteiger charge is -2.18. The van der Waals surface area contributed by atoms with Gasteiger partial charge in [0.15, 0.2) is 0 Å². The highest BCUT2D eigenvalue weighted by Gasteiger charge is 2.15. The fourth-order valence-electron chi connectivity index (χ4n) is 2.47. The first-order chi connectivity index (χ1) is 13.9. The van der Waals surface area contributed by atoms with Crippen LogP contribution in [0.3, 0.4) is 0 Å². The Hall–Kier alpha value is -3.20. The van der Waals surface area contributed by atoms with Gasteiger partial charge in [-0.15, -0.1) is 11.3 Å². The third kappa shape index (κ3) is 7.04. The summed E-state index contributed by atoms with van der Waals surface area (Å²) in [5.74, 6) is -1.57. The average Bonchev–Trinajstić information content (AvgIpc) is 3.25. The summed E-state index contributed by atoms with van der Waals surface area (Å²) in [7, 11) is 1.48. The Kier molecular flexibility index (Phi) is 8.35. The Balaban J connectivity index is 1.71. The molecule has 0 radical (unpaired) electrons. The fraction of sp³-hybridized carbons (Fsp3) is 0.300. The number of thiophene rings is 1. The maximum absolute atomic E-state index is 12.2. The zero-order valence-corrected chi connectivity index (χ0v) is 17.2. The van der Waals surface area contributed by atoms with E-state index in [4.69, 9.17) is 0 Å². The Morgan fingerprint density at radius 1 is 0.966 bits per heavy atom. The molecule has 0 aliphatic rings. The quantitative estimate of drug-likeness (QED) is 0.572. The van der Waals surface area contributed by atoms with Crippen molar-refractivity contribution in [1.29, 1.82) is 0 Å². The number of nitrogens with one attached hydrogen (secondary N) is 3. The molecule has 4 amide bonds. The van der Waals surface area contributed by atoms with Crippen molar-refractivity contribution < 1.29 is 19.2 Å². The van der Waals surface area contributed by atoms with E-state index < -0.39 is 11.8 Å². The van der Waals surface area contributed by atoms with Crippen molar-refractivity contribution in [3.05, 3.63) is 52.2 Å². The normalized spacial score (nSPS) is 10.1. The average molecular weight is 417 g/mol. The van der Waals surface area contributed by atoms with E-state index in [0.717, 1.165) is 17.7 Å². The van der Waals surface area contributed by atoms with Gasteiger partial charge in [-0.1, -0.05) is 31.2 Å². The molecule has 8 nitrogen and oxygen atoms in total. The first-order valence-corrected chi connectivity index (χ1v) is 9.98. The summed E-state index contributed by atoms with van der Waals surface area (Å²) in [4.78, 5) is 49.6. The Morgan fingerprint density at radius 2 is 1.72 bits per heavy atom. The highest BCUT2D eigenvalue weighted by molar-refractivity contribution is 7.12. The number of benzene rings is 1. The number of likely N-dealkylation sites (N-methyl/N-ethyl adjacent to an activating group) is 1. The molecule has 2 rings (SSSR count). The lowest BCUT2D eigenvalue weighted by Crippen LogP contribution is -2.44. The largest absolute Gasteiger partial charge is 0.345 e. The molecule has 0 atom stereocenters. The fourth-order valence-corrected chi connectivity index (χ4v) is 3.11. The molecule has 0 unspecified atom stereocenters. The van der Waals surface area contributed by atoms with Crippen LogP contribution >= 0.6 is 11.3 Å². The van der Waals surface area contributed by atoms with Gasteiger partial charge in [-0.3, -0.25) is 19.2 Å². The highest BCUT2D eigenvalue weighted by Crippen LogP contribution is 2.15. The molecule has 154 valence electrons. The standard InChI is InChI=1S/C20H24N4O4S/c1-3-14-7-4-5-8-15(14)23-18(26)13-24(2)19(27)12-21-17(25)11-22-20(28)16-9-6-10-29-16/h4-10H,3,11-13H2,1-2H3,(H,21,25)(H,22,28)(H,23,26). The number of hydrogen-bond donors (Lipinski definition) is 3. The molecule has 0 fully saturated rings. The molecule has 0 saturated carbocycles. The molecule has 2 aromatic rings. The van der Waals surface area contributed by atoms with E-state index in [0.29, 0.717) is 4.88 Å². The summed E-state index contributed by atoms with van der Waals surface area (Å²) in [5, 5.41) is 9.47. The van der Waals surface area contributed by atoms with Gasteiger partial charge in [0, 0.05) is 12.7 Å². The van der Waals surface area contributed by atoms with Crippen molar-refractivity contribution in [2.75, 3.05) is 32.0 Å². The molecule has 0 spiro atoms. The summed E-state index contributed by atoms with van der Waals surface area (Å²) in [6.45, 7) is 1.36. The topological polar surface area (TPSA) is 108 Å². The van der Waals surface area contributed by atoms with Gasteiger partial charge in [-0.2, -0.15) is 0 Å². The number of nitrogens with zero attached hydrogens (tertiary/aromatic N) is 1. The molecule has 0 saturated heterocycles. The van der Waals surface area contributed by atoms with E-state index in [1.165, 1.54) is 23.3 Å². The van der Waals surface area contributed by atoms with Gasteiger partial charge >= 0.3 is 0 Å². The number of anilines is 1. The lowest BCUT2D eigenvalue weighted by molar-refractivity contribution is -0.134. The van der Waals surface area contributed by atoms with Crippen molar-refractivity contribution in [3.8, 4) is 0 Å². The van der Waals surface area contributed by atoms with Crippen molar-refractivity contribution in [2.24, 2.45) is 0 Å². The Labute approximate surface area is 173 Å². The lowest BCUT2D eigenvalue weighted by atomic mass is 10.1. The second-order valence-corrected chi connectivity index (χ2v) is 7.19. The molecule has 0 bridgehead atoms. The van der Waals surface area contributed by atoms with Gasteiger partial charge in [0.2, 0.25) is 17.7 Å². The Bertz CT molecular complexity index is 867. The van der Waals surface area contributed by atoms with Crippen LogP contribution in [-0.2, 0) is 20.8 Å². The van der Waals surface area contributed by atoms with Gasteiger partial charge < -0.3 is 20.9 Å². The SMILES string of the molecule is CCc1ccccc1NC(=O)CN(C)C(=O)CNC(=O)CNC(=O)c1cccs1. The van der Waals surface area contributed by atoms with Crippen LogP contribution in [0.1, 0.15) is 22.2 Å². The zero-order valence-electron chi connectivity index (χ0n) is 16.4. The van der Waals surface area contributed by atoms with Crippen LogP contribution in [0.5, 0.6) is 0 Å². The summed E-state index contributed by atoms with van der Waals surface area (Å²) < 4.78 is 0. The van der Waals surface area contributed by atoms with E-state index >= 15 is 0 Å². The van der Waals surface area contributed by atoms with E-state index in [1.807, 2.05) is 31.2 Å². The number of rotatable bonds is 9. The van der Waals surface area contributed by atoms with Crippen LogP contribution in [0.2, 0.25) is 0 Å². The zero-order chi connectivity index (χ0) is 21.2. The number of hydrogen-bond acceptors (Lipinski definition) is 5. The number of aryl methyl sites for hydroxylation is 1. The summed E-state index contributed by atoms with van der Waals surface area (Å²) >= 11 is 1.27. The third-order valence-electron chi connectivity index (χ3n) is 4.07. The predicted octanol–water partition coefficient (Wildman–Crippen LogP) is 1.25. The molecule has 0 aliphatic carbocycles. The van der Waals surface area contributed by atoms with Gasteiger partial charge in [-0.05, 0) is 29.5 Å². The molecular weight excluding hydrogens is 392 g/mol. The van der Waals surface area contributed by atoms with E-state index in [9.17, 15) is 19.2 Å². The maximum atomic E-state index is 12.2. The van der Waals surface area contributed by atoms with E-state index in [-0.39, 0.29) is 31.4 Å². The minimum Gasteiger partial charge on any atom is -0.345 e. The Morgan fingerprint density at radius 3 is 2.41 bits per heavy atom. The van der Waals surface area contributed by atoms with Crippen LogP contribution in [0.15, 0.2) is 41.8 Å². The molecule has 29 heavy (non-hydrogen) atoms. The maximum Gasteiger partial charge on any atom is 0.261 e. The van der Waals surface area contributed by atoms with Gasteiger partial charge in [-0.25, -0.2) is 0 Å². The number of amides is 4. The van der Waals surface area contributed by atoms with Crippen LogP contribution in [0, 0.1) is 0 Å². The van der Waals surface area contributed by atoms with Crippen molar-refractivity contribution in [3.63, 3.8) is 0 Å². The highest BCUT2D eigenvalue weighted by atomic mass is 32.1. The summed E-state index contributed by atoms with van der Waals surface area (Å²) in [6, 6.07) is 10.9. The van der Waals surface area contributed by atoms with E-state index in [2.05, 4.69) is 16.0 Å². The van der Waals surface area contributed by atoms with Crippen LogP contribution < -0.4 is 16.0 Å². The molecule has 3 N–H and O–H groups in total. The second kappa shape index (κ2) is 11.0. The molecule has 1 aromatic carbocycles. The molecular formula is C20H24N4O4S. The minimum absolute atomic E-state index is 0.137. The van der Waals surface area contributed by atoms with Crippen LogP contribution in [0.25, 0.3) is 0 Å². The van der Waals surface area contributed by atoms with Crippen LogP contribution in [0.4, 0.5) is 5.69 Å².